The molecule has 0 radical (unpaired) electrons. The smallest absolute Gasteiger partial charge is 0.227 e. The topological polar surface area (TPSA) is 49.3 Å². The summed E-state index contributed by atoms with van der Waals surface area (Å²) in [6.45, 7) is 2.05. The normalized spacial score (nSPS) is 23.5. The first-order valence-electron chi connectivity index (χ1n) is 7.83. The van der Waals surface area contributed by atoms with E-state index in [2.05, 4.69) is 14.9 Å². The van der Waals surface area contributed by atoms with Crippen molar-refractivity contribution in [1.82, 2.24) is 9.97 Å². The van der Waals surface area contributed by atoms with E-state index in [1.807, 2.05) is 6.07 Å². The van der Waals surface area contributed by atoms with Gasteiger partial charge in [-0.15, -0.1) is 0 Å². The van der Waals surface area contributed by atoms with Gasteiger partial charge in [0.2, 0.25) is 5.91 Å². The second kappa shape index (κ2) is 5.51. The van der Waals surface area contributed by atoms with Crippen molar-refractivity contribution in [3.05, 3.63) is 48.4 Å². The number of hydrogen-bond donors (Lipinski definition) is 0. The molecule has 3 heterocycles. The van der Waals surface area contributed by atoms with Gasteiger partial charge in [0.15, 0.2) is 11.6 Å². The fourth-order valence-electron chi connectivity index (χ4n) is 3.66. The monoisotopic (exact) mass is 330 g/mol. The van der Waals surface area contributed by atoms with Crippen molar-refractivity contribution < 1.29 is 13.6 Å². The van der Waals surface area contributed by atoms with Crippen LogP contribution in [0.1, 0.15) is 12.8 Å². The van der Waals surface area contributed by atoms with Crippen molar-refractivity contribution in [1.29, 1.82) is 0 Å². The molecule has 1 aromatic heterocycles. The Hall–Kier alpha value is -2.57. The van der Waals surface area contributed by atoms with Crippen LogP contribution in [0.2, 0.25) is 0 Å². The van der Waals surface area contributed by atoms with E-state index in [9.17, 15) is 13.6 Å². The van der Waals surface area contributed by atoms with Crippen molar-refractivity contribution in [3.8, 4) is 0 Å². The second-order valence-electron chi connectivity index (χ2n) is 6.49. The number of nitrogens with zero attached hydrogens (tertiary/aromatic N) is 4. The predicted octanol–water partition coefficient (Wildman–Crippen LogP) is 2.39. The Bertz CT molecular complexity index is 785. The molecule has 2 fully saturated rings. The number of anilines is 2. The minimum Gasteiger partial charge on any atom is -0.356 e. The number of rotatable bonds is 2. The molecule has 1 amide bonds. The summed E-state index contributed by atoms with van der Waals surface area (Å²) in [6, 6.07) is 5.45. The highest BCUT2D eigenvalue weighted by Gasteiger charge is 2.48. The van der Waals surface area contributed by atoms with Crippen LogP contribution in [-0.2, 0) is 4.79 Å². The van der Waals surface area contributed by atoms with Crippen LogP contribution in [0.15, 0.2) is 36.8 Å². The van der Waals surface area contributed by atoms with Gasteiger partial charge in [0, 0.05) is 49.4 Å². The van der Waals surface area contributed by atoms with Crippen molar-refractivity contribution in [2.24, 2.45) is 5.41 Å². The molecule has 24 heavy (non-hydrogen) atoms. The lowest BCUT2D eigenvalue weighted by Gasteiger charge is -2.24. The number of aromatic nitrogens is 2. The minimum atomic E-state index is -0.935. The van der Waals surface area contributed by atoms with Gasteiger partial charge in [0.1, 0.15) is 12.1 Å². The standard InChI is InChI=1S/C17H16F2N4O/c18-13-2-1-12(7-14(13)19)23-10-17(8-16(23)24)4-6-22(9-17)15-3-5-20-11-21-15/h1-3,5,7,11H,4,6,8-10H2. The molecule has 0 saturated carbocycles. The first kappa shape index (κ1) is 15.0. The van der Waals surface area contributed by atoms with Gasteiger partial charge in [-0.2, -0.15) is 0 Å². The van der Waals surface area contributed by atoms with Gasteiger partial charge in [0.25, 0.3) is 0 Å². The van der Waals surface area contributed by atoms with Gasteiger partial charge in [-0.1, -0.05) is 0 Å². The third kappa shape index (κ3) is 2.50. The molecular formula is C17H16F2N4O. The Morgan fingerprint density at radius 2 is 2.00 bits per heavy atom. The van der Waals surface area contributed by atoms with Crippen LogP contribution in [0.4, 0.5) is 20.3 Å². The van der Waals surface area contributed by atoms with E-state index in [4.69, 9.17) is 0 Å². The number of carbonyl (C=O) groups is 1. The largest absolute Gasteiger partial charge is 0.356 e. The Morgan fingerprint density at radius 1 is 1.12 bits per heavy atom. The van der Waals surface area contributed by atoms with Gasteiger partial charge >= 0.3 is 0 Å². The first-order valence-corrected chi connectivity index (χ1v) is 7.83. The Balaban J connectivity index is 1.55. The fourth-order valence-corrected chi connectivity index (χ4v) is 3.66. The maximum Gasteiger partial charge on any atom is 0.227 e. The van der Waals surface area contributed by atoms with Crippen molar-refractivity contribution in [3.63, 3.8) is 0 Å². The molecule has 1 unspecified atom stereocenters. The molecule has 2 aliphatic rings. The molecule has 124 valence electrons. The van der Waals surface area contributed by atoms with Crippen LogP contribution < -0.4 is 9.80 Å². The van der Waals surface area contributed by atoms with Crippen LogP contribution in [0.5, 0.6) is 0 Å². The summed E-state index contributed by atoms with van der Waals surface area (Å²) in [5.41, 5.74) is 0.239. The number of hydrogen-bond acceptors (Lipinski definition) is 4. The third-order valence-electron chi connectivity index (χ3n) is 4.86. The van der Waals surface area contributed by atoms with Crippen LogP contribution >= 0.6 is 0 Å². The van der Waals surface area contributed by atoms with Crippen LogP contribution in [0.3, 0.4) is 0 Å². The molecule has 1 atom stereocenters. The maximum atomic E-state index is 13.5. The summed E-state index contributed by atoms with van der Waals surface area (Å²) in [5, 5.41) is 0. The number of halogens is 2. The molecular weight excluding hydrogens is 314 g/mol. The lowest BCUT2D eigenvalue weighted by Crippen LogP contribution is -2.31. The second-order valence-corrected chi connectivity index (χ2v) is 6.49. The highest BCUT2D eigenvalue weighted by atomic mass is 19.2. The highest BCUT2D eigenvalue weighted by Crippen LogP contribution is 2.42. The molecule has 4 rings (SSSR count). The lowest BCUT2D eigenvalue weighted by atomic mass is 9.86. The number of benzene rings is 1. The lowest BCUT2D eigenvalue weighted by molar-refractivity contribution is -0.117. The summed E-state index contributed by atoms with van der Waals surface area (Å²) in [6.07, 6.45) is 4.48. The van der Waals surface area contributed by atoms with E-state index >= 15 is 0 Å². The van der Waals surface area contributed by atoms with Crippen LogP contribution in [0, 0.1) is 17.0 Å². The van der Waals surface area contributed by atoms with Crippen LogP contribution in [-0.4, -0.2) is 35.5 Å². The SMILES string of the molecule is O=C1CC2(CCN(c3ccncn3)C2)CN1c1ccc(F)c(F)c1. The van der Waals surface area contributed by atoms with Crippen molar-refractivity contribution in [2.45, 2.75) is 12.8 Å². The van der Waals surface area contributed by atoms with E-state index < -0.39 is 11.6 Å². The van der Waals surface area contributed by atoms with E-state index in [1.54, 1.807) is 11.1 Å². The third-order valence-corrected chi connectivity index (χ3v) is 4.86. The Morgan fingerprint density at radius 3 is 2.75 bits per heavy atom. The number of carbonyl (C=O) groups excluding carboxylic acids is 1. The molecule has 0 aliphatic carbocycles. The summed E-state index contributed by atoms with van der Waals surface area (Å²) in [5.74, 6) is -1.04. The van der Waals surface area contributed by atoms with Gasteiger partial charge in [-0.3, -0.25) is 4.79 Å². The summed E-state index contributed by atoms with van der Waals surface area (Å²) >= 11 is 0. The average molecular weight is 330 g/mol. The average Bonchev–Trinajstić information content (AvgIpc) is 3.14. The quantitative estimate of drug-likeness (QED) is 0.848. The van der Waals surface area contributed by atoms with Gasteiger partial charge < -0.3 is 9.80 Å². The highest BCUT2D eigenvalue weighted by molar-refractivity contribution is 5.96. The zero-order valence-electron chi connectivity index (χ0n) is 13.0. The molecule has 1 spiro atoms. The molecule has 2 aromatic rings. The molecule has 5 nitrogen and oxygen atoms in total. The van der Waals surface area contributed by atoms with E-state index in [1.165, 1.54) is 12.4 Å². The minimum absolute atomic E-state index is 0.0504. The summed E-state index contributed by atoms with van der Waals surface area (Å²) < 4.78 is 26.6. The maximum absolute atomic E-state index is 13.5. The molecule has 2 saturated heterocycles. The first-order chi connectivity index (χ1) is 11.6. The zero-order chi connectivity index (χ0) is 16.7. The van der Waals surface area contributed by atoms with Gasteiger partial charge in [0.05, 0.1) is 0 Å². The van der Waals surface area contributed by atoms with E-state index in [0.29, 0.717) is 18.7 Å². The molecule has 7 heteroatoms. The van der Waals surface area contributed by atoms with Gasteiger partial charge in [-0.05, 0) is 24.6 Å². The van der Waals surface area contributed by atoms with Crippen LogP contribution in [0.25, 0.3) is 0 Å². The predicted molar refractivity (Wildman–Crippen MR) is 84.6 cm³/mol. The Labute approximate surface area is 137 Å². The van der Waals surface area contributed by atoms with Crippen molar-refractivity contribution >= 4 is 17.4 Å². The van der Waals surface area contributed by atoms with Crippen molar-refractivity contribution in [2.75, 3.05) is 29.4 Å². The zero-order valence-corrected chi connectivity index (χ0v) is 13.0. The Kier molecular flexibility index (Phi) is 3.44. The summed E-state index contributed by atoms with van der Waals surface area (Å²) in [7, 11) is 0. The molecule has 0 N–H and O–H groups in total. The fraction of sp³-hybridized carbons (Fsp3) is 0.353. The molecule has 0 bridgehead atoms. The molecule has 1 aromatic carbocycles. The van der Waals surface area contributed by atoms with Gasteiger partial charge in [-0.25, -0.2) is 18.7 Å². The molecule has 2 aliphatic heterocycles. The summed E-state index contributed by atoms with van der Waals surface area (Å²) in [4.78, 5) is 24.3. The number of amides is 1. The van der Waals surface area contributed by atoms with E-state index in [-0.39, 0.29) is 11.3 Å². The van der Waals surface area contributed by atoms with E-state index in [0.717, 1.165) is 37.5 Å².